The molecule has 0 aliphatic carbocycles. The predicted molar refractivity (Wildman–Crippen MR) is 132 cm³/mol. The highest BCUT2D eigenvalue weighted by Gasteiger charge is 2.14. The molecule has 0 saturated heterocycles. The fourth-order valence-corrected chi connectivity index (χ4v) is 4.78. The Balaban J connectivity index is 1.51. The molecule has 0 aliphatic rings. The first-order valence-corrected chi connectivity index (χ1v) is 11.3. The molecule has 5 aromatic rings. The highest BCUT2D eigenvalue weighted by atomic mass is 32.1. The monoisotopic (exact) mass is 452 g/mol. The molecule has 5 nitrogen and oxygen atoms in total. The van der Waals surface area contributed by atoms with E-state index in [4.69, 9.17) is 4.74 Å². The number of aromatic nitrogens is 2. The number of rotatable bonds is 5. The van der Waals surface area contributed by atoms with Crippen LogP contribution < -0.4 is 5.56 Å². The van der Waals surface area contributed by atoms with E-state index in [1.165, 1.54) is 18.4 Å². The molecule has 3 aromatic carbocycles. The molecule has 2 heterocycles. The van der Waals surface area contributed by atoms with Gasteiger partial charge in [-0.3, -0.25) is 9.36 Å². The molecule has 0 aliphatic heterocycles. The summed E-state index contributed by atoms with van der Waals surface area (Å²) in [5.41, 5.74) is 5.30. The Bertz CT molecular complexity index is 1500. The van der Waals surface area contributed by atoms with Crippen molar-refractivity contribution >= 4 is 27.5 Å². The molecule has 5 rings (SSSR count). The third-order valence-corrected chi connectivity index (χ3v) is 6.45. The summed E-state index contributed by atoms with van der Waals surface area (Å²) < 4.78 is 6.37. The molecule has 0 atom stereocenters. The second-order valence-corrected chi connectivity index (χ2v) is 8.50. The molecule has 0 saturated carbocycles. The molecule has 33 heavy (non-hydrogen) atoms. The minimum atomic E-state index is -0.406. The number of hydrogen-bond donors (Lipinski definition) is 0. The van der Waals surface area contributed by atoms with E-state index in [-0.39, 0.29) is 5.56 Å². The number of hydrogen-bond acceptors (Lipinski definition) is 5. The third kappa shape index (κ3) is 4.08. The second kappa shape index (κ2) is 8.84. The van der Waals surface area contributed by atoms with Crippen LogP contribution in [0, 0.1) is 0 Å². The Morgan fingerprint density at radius 3 is 2.42 bits per heavy atom. The lowest BCUT2D eigenvalue weighted by molar-refractivity contribution is 0.0600. The number of fused-ring (bicyclic) bond motifs is 1. The molecule has 2 aromatic heterocycles. The Kier molecular flexibility index (Phi) is 5.59. The van der Waals surface area contributed by atoms with E-state index in [9.17, 15) is 9.59 Å². The van der Waals surface area contributed by atoms with E-state index in [1.54, 1.807) is 29.1 Å². The van der Waals surface area contributed by atoms with Gasteiger partial charge in [0.25, 0.3) is 5.56 Å². The molecule has 0 N–H and O–H groups in total. The number of ether oxygens (including phenoxy) is 1. The Morgan fingerprint density at radius 1 is 0.939 bits per heavy atom. The van der Waals surface area contributed by atoms with Gasteiger partial charge in [-0.25, -0.2) is 9.78 Å². The molecular weight excluding hydrogens is 432 g/mol. The fraction of sp³-hybridized carbons (Fsp3) is 0.0741. The fourth-order valence-electron chi connectivity index (χ4n) is 3.88. The third-order valence-electron chi connectivity index (χ3n) is 5.56. The number of carbonyl (C=O) groups excluding carboxylic acids is 1. The van der Waals surface area contributed by atoms with Crippen LogP contribution in [0.4, 0.5) is 0 Å². The van der Waals surface area contributed by atoms with Gasteiger partial charge in [0, 0.05) is 10.9 Å². The van der Waals surface area contributed by atoms with Gasteiger partial charge in [0.05, 0.1) is 30.9 Å². The Hall–Kier alpha value is -4.03. The predicted octanol–water partition coefficient (Wildman–Crippen LogP) is 5.63. The average Bonchev–Trinajstić information content (AvgIpc) is 3.31. The molecule has 0 spiro atoms. The van der Waals surface area contributed by atoms with Gasteiger partial charge < -0.3 is 4.74 Å². The Morgan fingerprint density at radius 2 is 1.67 bits per heavy atom. The van der Waals surface area contributed by atoms with Crippen molar-refractivity contribution < 1.29 is 9.53 Å². The van der Waals surface area contributed by atoms with Crippen molar-refractivity contribution in [1.82, 2.24) is 9.55 Å². The van der Waals surface area contributed by atoms with Crippen LogP contribution in [0.5, 0.6) is 0 Å². The quantitative estimate of drug-likeness (QED) is 0.325. The zero-order chi connectivity index (χ0) is 22.8. The minimum absolute atomic E-state index is 0.105. The molecule has 0 unspecified atom stereocenters. The normalized spacial score (nSPS) is 10.9. The molecule has 0 radical (unpaired) electrons. The molecular formula is C27H20N2O3S. The lowest BCUT2D eigenvalue weighted by atomic mass is 10.0. The van der Waals surface area contributed by atoms with E-state index >= 15 is 0 Å². The molecule has 0 bridgehead atoms. The van der Waals surface area contributed by atoms with Crippen molar-refractivity contribution in [2.24, 2.45) is 0 Å². The molecule has 0 amide bonds. The van der Waals surface area contributed by atoms with Gasteiger partial charge in [-0.2, -0.15) is 0 Å². The summed E-state index contributed by atoms with van der Waals surface area (Å²) >= 11 is 1.46. The smallest absolute Gasteiger partial charge is 0.337 e. The summed E-state index contributed by atoms with van der Waals surface area (Å²) in [6, 6.07) is 25.5. The van der Waals surface area contributed by atoms with Gasteiger partial charge in [0.2, 0.25) is 0 Å². The number of benzene rings is 3. The number of carbonyl (C=O) groups is 1. The van der Waals surface area contributed by atoms with Gasteiger partial charge in [0.1, 0.15) is 4.83 Å². The average molecular weight is 453 g/mol. The summed E-state index contributed by atoms with van der Waals surface area (Å²) in [4.78, 5) is 30.5. The molecule has 6 heteroatoms. The lowest BCUT2D eigenvalue weighted by Crippen LogP contribution is -2.21. The highest BCUT2D eigenvalue weighted by molar-refractivity contribution is 7.17. The van der Waals surface area contributed by atoms with Gasteiger partial charge in [0.15, 0.2) is 0 Å². The summed E-state index contributed by atoms with van der Waals surface area (Å²) in [5, 5.41) is 2.60. The molecule has 162 valence electrons. The van der Waals surface area contributed by atoms with Gasteiger partial charge in [-0.05, 0) is 34.4 Å². The van der Waals surface area contributed by atoms with Crippen LogP contribution in [0.3, 0.4) is 0 Å². The van der Waals surface area contributed by atoms with Crippen molar-refractivity contribution in [2.45, 2.75) is 6.54 Å². The first-order valence-electron chi connectivity index (χ1n) is 10.4. The number of nitrogens with zero attached hydrogens (tertiary/aromatic N) is 2. The summed E-state index contributed by atoms with van der Waals surface area (Å²) in [7, 11) is 1.35. The van der Waals surface area contributed by atoms with E-state index in [1.807, 2.05) is 41.8 Å². The number of esters is 1. The highest BCUT2D eigenvalue weighted by Crippen LogP contribution is 2.32. The molecule has 0 fully saturated rings. The van der Waals surface area contributed by atoms with Gasteiger partial charge in [-0.15, -0.1) is 11.3 Å². The van der Waals surface area contributed by atoms with Crippen LogP contribution in [-0.4, -0.2) is 22.6 Å². The van der Waals surface area contributed by atoms with Crippen molar-refractivity contribution in [1.29, 1.82) is 0 Å². The van der Waals surface area contributed by atoms with E-state index in [2.05, 4.69) is 29.2 Å². The summed E-state index contributed by atoms with van der Waals surface area (Å²) in [5.74, 6) is -0.406. The van der Waals surface area contributed by atoms with E-state index in [0.717, 1.165) is 27.8 Å². The maximum atomic E-state index is 13.4. The van der Waals surface area contributed by atoms with Crippen LogP contribution in [0.25, 0.3) is 32.5 Å². The van der Waals surface area contributed by atoms with Crippen LogP contribution in [-0.2, 0) is 11.3 Å². The topological polar surface area (TPSA) is 61.2 Å². The van der Waals surface area contributed by atoms with Crippen molar-refractivity contribution in [3.05, 3.63) is 112 Å². The first-order chi connectivity index (χ1) is 16.1. The van der Waals surface area contributed by atoms with E-state index < -0.39 is 5.97 Å². The SMILES string of the molecule is COC(=O)c1cccc(Cn2cnc3scc(-c4ccc(-c5ccccc5)cc4)c3c2=O)c1. The Labute approximate surface area is 194 Å². The van der Waals surface area contributed by atoms with Gasteiger partial charge in [-0.1, -0.05) is 66.7 Å². The number of methoxy groups -OCH3 is 1. The van der Waals surface area contributed by atoms with Crippen LogP contribution in [0.15, 0.2) is 95.4 Å². The van der Waals surface area contributed by atoms with Crippen molar-refractivity contribution in [2.75, 3.05) is 7.11 Å². The minimum Gasteiger partial charge on any atom is -0.465 e. The van der Waals surface area contributed by atoms with Gasteiger partial charge >= 0.3 is 5.97 Å². The maximum Gasteiger partial charge on any atom is 0.337 e. The summed E-state index contributed by atoms with van der Waals surface area (Å²) in [6.07, 6.45) is 1.56. The van der Waals surface area contributed by atoms with Crippen LogP contribution in [0.1, 0.15) is 15.9 Å². The number of thiophene rings is 1. The lowest BCUT2D eigenvalue weighted by Gasteiger charge is -2.08. The van der Waals surface area contributed by atoms with Crippen LogP contribution in [0.2, 0.25) is 0 Å². The van der Waals surface area contributed by atoms with Crippen molar-refractivity contribution in [3.8, 4) is 22.3 Å². The first kappa shape index (κ1) is 20.8. The zero-order valence-corrected chi connectivity index (χ0v) is 18.7. The van der Waals surface area contributed by atoms with Crippen molar-refractivity contribution in [3.63, 3.8) is 0 Å². The summed E-state index contributed by atoms with van der Waals surface area (Å²) in [6.45, 7) is 0.314. The van der Waals surface area contributed by atoms with E-state index in [0.29, 0.717) is 22.3 Å². The largest absolute Gasteiger partial charge is 0.465 e. The maximum absolute atomic E-state index is 13.4. The standard InChI is InChI=1S/C27H20N2O3S/c1-32-27(31)22-9-5-6-18(14-22)15-29-17-28-25-24(26(29)30)23(16-33-25)21-12-10-20(11-13-21)19-7-3-2-4-8-19/h2-14,16-17H,15H2,1H3. The second-order valence-electron chi connectivity index (χ2n) is 7.64. The van der Waals surface area contributed by atoms with Crippen LogP contribution >= 0.6 is 11.3 Å². The zero-order valence-electron chi connectivity index (χ0n) is 17.9.